The summed E-state index contributed by atoms with van der Waals surface area (Å²) >= 11 is 0. The number of amides is 1. The maximum atomic E-state index is 13.1. The lowest BCUT2D eigenvalue weighted by Crippen LogP contribution is -2.44. The molecule has 3 aliphatic rings. The Morgan fingerprint density at radius 2 is 1.88 bits per heavy atom. The summed E-state index contributed by atoms with van der Waals surface area (Å²) in [4.78, 5) is 26.0. The first-order chi connectivity index (χ1) is 12.6. The van der Waals surface area contributed by atoms with Crippen LogP contribution in [0, 0.1) is 10.1 Å². The first-order valence-corrected chi connectivity index (χ1v) is 8.39. The molecular formula is C18H15N3O5. The maximum Gasteiger partial charge on any atom is 0.280 e. The second-order valence-corrected chi connectivity index (χ2v) is 6.56. The van der Waals surface area contributed by atoms with Crippen molar-refractivity contribution in [2.45, 2.75) is 25.0 Å². The molecule has 8 heteroatoms. The highest BCUT2D eigenvalue weighted by molar-refractivity contribution is 6.02. The average Bonchev–Trinajstić information content (AvgIpc) is 3.37. The Kier molecular flexibility index (Phi) is 3.09. The standard InChI is InChI=1S/C18H15N3O5/c22-18-11-3-1-2-4-13(11)19-17(20(18)10-5-6-10)12-7-15-16(26-9-25-15)8-14(12)21(23)24/h1-4,7-8,10,17,19H,5-6,9H2/t17-/m1/s1. The second kappa shape index (κ2) is 5.35. The molecule has 2 aromatic carbocycles. The van der Waals surface area contributed by atoms with Crippen molar-refractivity contribution in [1.29, 1.82) is 0 Å². The number of fused-ring (bicyclic) bond motifs is 2. The lowest BCUT2D eigenvalue weighted by Gasteiger charge is -2.38. The van der Waals surface area contributed by atoms with E-state index in [-0.39, 0.29) is 24.4 Å². The zero-order valence-corrected chi connectivity index (χ0v) is 13.7. The van der Waals surface area contributed by atoms with E-state index in [1.165, 1.54) is 6.07 Å². The largest absolute Gasteiger partial charge is 0.454 e. The predicted molar refractivity (Wildman–Crippen MR) is 91.2 cm³/mol. The molecule has 0 radical (unpaired) electrons. The number of nitrogens with zero attached hydrogens (tertiary/aromatic N) is 2. The van der Waals surface area contributed by atoms with E-state index in [1.807, 2.05) is 18.2 Å². The summed E-state index contributed by atoms with van der Waals surface area (Å²) in [5.41, 5.74) is 1.56. The number of anilines is 1. The molecule has 1 saturated carbocycles. The Bertz CT molecular complexity index is 940. The number of nitro benzene ring substituents is 1. The molecule has 8 nitrogen and oxygen atoms in total. The quantitative estimate of drug-likeness (QED) is 0.673. The normalized spacial score (nSPS) is 20.5. The van der Waals surface area contributed by atoms with Crippen LogP contribution < -0.4 is 14.8 Å². The highest BCUT2D eigenvalue weighted by Crippen LogP contribution is 2.46. The van der Waals surface area contributed by atoms with Gasteiger partial charge >= 0.3 is 0 Å². The minimum Gasteiger partial charge on any atom is -0.454 e. The second-order valence-electron chi connectivity index (χ2n) is 6.56. The molecule has 0 saturated heterocycles. The Morgan fingerprint density at radius 1 is 1.15 bits per heavy atom. The summed E-state index contributed by atoms with van der Waals surface area (Å²) in [5, 5.41) is 15.0. The van der Waals surface area contributed by atoms with Crippen molar-refractivity contribution >= 4 is 17.3 Å². The Hall–Kier alpha value is -3.29. The minimum absolute atomic E-state index is 0.0299. The molecule has 0 aromatic heterocycles. The number of carbonyl (C=O) groups is 1. The number of hydrogen-bond donors (Lipinski definition) is 1. The van der Waals surface area contributed by atoms with Gasteiger partial charge < -0.3 is 19.7 Å². The lowest BCUT2D eigenvalue weighted by molar-refractivity contribution is -0.385. The van der Waals surface area contributed by atoms with Gasteiger partial charge in [-0.15, -0.1) is 0 Å². The summed E-state index contributed by atoms with van der Waals surface area (Å²) in [6.45, 7) is 0.0299. The third-order valence-corrected chi connectivity index (χ3v) is 4.92. The van der Waals surface area contributed by atoms with Crippen LogP contribution in [0.15, 0.2) is 36.4 Å². The summed E-state index contributed by atoms with van der Waals surface area (Å²) in [7, 11) is 0. The van der Waals surface area contributed by atoms with Crippen LogP contribution in [-0.2, 0) is 0 Å². The van der Waals surface area contributed by atoms with Crippen LogP contribution in [0.2, 0.25) is 0 Å². The minimum atomic E-state index is -0.625. The number of hydrogen-bond acceptors (Lipinski definition) is 6. The van der Waals surface area contributed by atoms with E-state index in [2.05, 4.69) is 5.32 Å². The van der Waals surface area contributed by atoms with Gasteiger partial charge in [0.15, 0.2) is 11.5 Å². The van der Waals surface area contributed by atoms with Gasteiger partial charge in [0, 0.05) is 11.7 Å². The summed E-state index contributed by atoms with van der Waals surface area (Å²) in [5.74, 6) is 0.689. The summed E-state index contributed by atoms with van der Waals surface area (Å²) in [6, 6.07) is 10.3. The van der Waals surface area contributed by atoms with Gasteiger partial charge in [-0.2, -0.15) is 0 Å². The molecule has 26 heavy (non-hydrogen) atoms. The van der Waals surface area contributed by atoms with Gasteiger partial charge in [-0.3, -0.25) is 14.9 Å². The van der Waals surface area contributed by atoms with Crippen molar-refractivity contribution in [3.63, 3.8) is 0 Å². The third kappa shape index (κ3) is 2.18. The number of ether oxygens (including phenoxy) is 2. The third-order valence-electron chi connectivity index (χ3n) is 4.92. The molecule has 1 amide bonds. The fourth-order valence-electron chi connectivity index (χ4n) is 3.55. The molecule has 1 fully saturated rings. The zero-order valence-electron chi connectivity index (χ0n) is 13.7. The van der Waals surface area contributed by atoms with Crippen LogP contribution in [0.5, 0.6) is 11.5 Å². The topological polar surface area (TPSA) is 93.9 Å². The van der Waals surface area contributed by atoms with Crippen molar-refractivity contribution in [2.24, 2.45) is 0 Å². The molecule has 1 aliphatic carbocycles. The Morgan fingerprint density at radius 3 is 2.62 bits per heavy atom. The van der Waals surface area contributed by atoms with Gasteiger partial charge in [0.1, 0.15) is 6.17 Å². The molecule has 0 unspecified atom stereocenters. The van der Waals surface area contributed by atoms with E-state index in [0.29, 0.717) is 28.3 Å². The van der Waals surface area contributed by atoms with Crippen LogP contribution >= 0.6 is 0 Å². The first kappa shape index (κ1) is 15.0. The number of carbonyl (C=O) groups excluding carboxylic acids is 1. The Balaban J connectivity index is 1.67. The van der Waals surface area contributed by atoms with E-state index in [1.54, 1.807) is 17.0 Å². The van der Waals surface area contributed by atoms with Crippen LogP contribution in [0.1, 0.15) is 34.9 Å². The average molecular weight is 353 g/mol. The lowest BCUT2D eigenvalue weighted by atomic mass is 10.0. The highest BCUT2D eigenvalue weighted by atomic mass is 16.7. The number of rotatable bonds is 3. The SMILES string of the molecule is O=C1c2ccccc2N[C@@H](c2cc3c(cc2[N+](=O)[O-])OCO3)N1C1CC1. The fourth-order valence-corrected chi connectivity index (χ4v) is 3.55. The maximum absolute atomic E-state index is 13.1. The van der Waals surface area contributed by atoms with E-state index in [4.69, 9.17) is 9.47 Å². The van der Waals surface area contributed by atoms with Crippen molar-refractivity contribution in [2.75, 3.05) is 12.1 Å². The molecule has 0 bridgehead atoms. The van der Waals surface area contributed by atoms with Crippen molar-refractivity contribution in [3.05, 3.63) is 57.6 Å². The molecule has 2 heterocycles. The van der Waals surface area contributed by atoms with Crippen molar-refractivity contribution in [3.8, 4) is 11.5 Å². The van der Waals surface area contributed by atoms with Gasteiger partial charge in [-0.05, 0) is 31.0 Å². The Labute approximate surface area is 148 Å². The van der Waals surface area contributed by atoms with E-state index >= 15 is 0 Å². The van der Waals surface area contributed by atoms with Crippen LogP contribution in [0.4, 0.5) is 11.4 Å². The van der Waals surface area contributed by atoms with Gasteiger partial charge in [-0.25, -0.2) is 0 Å². The molecular weight excluding hydrogens is 338 g/mol. The van der Waals surface area contributed by atoms with Crippen LogP contribution in [0.3, 0.4) is 0 Å². The number of nitro groups is 1. The van der Waals surface area contributed by atoms with Gasteiger partial charge in [0.25, 0.3) is 11.6 Å². The molecule has 2 aliphatic heterocycles. The molecule has 5 rings (SSSR count). The summed E-state index contributed by atoms with van der Waals surface area (Å²) in [6.07, 6.45) is 1.16. The predicted octanol–water partition coefficient (Wildman–Crippen LogP) is 3.05. The fraction of sp³-hybridized carbons (Fsp3) is 0.278. The molecule has 2 aromatic rings. The molecule has 1 atom stereocenters. The van der Waals surface area contributed by atoms with Crippen LogP contribution in [0.25, 0.3) is 0 Å². The van der Waals surface area contributed by atoms with E-state index in [9.17, 15) is 14.9 Å². The molecule has 0 spiro atoms. The smallest absolute Gasteiger partial charge is 0.280 e. The number of nitrogens with one attached hydrogen (secondary N) is 1. The van der Waals surface area contributed by atoms with Gasteiger partial charge in [0.2, 0.25) is 6.79 Å². The van der Waals surface area contributed by atoms with Crippen LogP contribution in [-0.4, -0.2) is 28.6 Å². The van der Waals surface area contributed by atoms with Gasteiger partial charge in [-0.1, -0.05) is 12.1 Å². The summed E-state index contributed by atoms with van der Waals surface area (Å²) < 4.78 is 10.7. The highest BCUT2D eigenvalue weighted by Gasteiger charge is 2.44. The zero-order chi connectivity index (χ0) is 17.8. The monoisotopic (exact) mass is 353 g/mol. The van der Waals surface area contributed by atoms with Crippen molar-refractivity contribution < 1.29 is 19.2 Å². The number of para-hydroxylation sites is 1. The van der Waals surface area contributed by atoms with E-state index in [0.717, 1.165) is 12.8 Å². The molecule has 1 N–H and O–H groups in total. The first-order valence-electron chi connectivity index (χ1n) is 8.39. The van der Waals surface area contributed by atoms with E-state index < -0.39 is 11.1 Å². The van der Waals surface area contributed by atoms with Crippen molar-refractivity contribution in [1.82, 2.24) is 4.90 Å². The van der Waals surface area contributed by atoms with Gasteiger partial charge in [0.05, 0.1) is 22.1 Å². The molecule has 132 valence electrons. The number of benzene rings is 2.